The van der Waals surface area contributed by atoms with Gasteiger partial charge in [-0.2, -0.15) is 5.26 Å². The fraction of sp³-hybridized carbons (Fsp3) is 0.846. The third-order valence-electron chi connectivity index (χ3n) is 3.17. The van der Waals surface area contributed by atoms with Crippen molar-refractivity contribution >= 4 is 5.97 Å². The predicted molar refractivity (Wildman–Crippen MR) is 65.3 cm³/mol. The summed E-state index contributed by atoms with van der Waals surface area (Å²) in [5.41, 5.74) is 0.163. The fourth-order valence-electron chi connectivity index (χ4n) is 2.13. The van der Waals surface area contributed by atoms with Crippen molar-refractivity contribution in [3.05, 3.63) is 0 Å². The van der Waals surface area contributed by atoms with E-state index < -0.39 is 0 Å². The van der Waals surface area contributed by atoms with E-state index in [1.165, 1.54) is 0 Å². The van der Waals surface area contributed by atoms with Crippen LogP contribution in [0.25, 0.3) is 0 Å². The Morgan fingerprint density at radius 1 is 1.47 bits per heavy atom. The summed E-state index contributed by atoms with van der Waals surface area (Å²) in [6.07, 6.45) is 3.85. The lowest BCUT2D eigenvalue weighted by Gasteiger charge is -2.24. The molecule has 1 saturated carbocycles. The van der Waals surface area contributed by atoms with Crippen molar-refractivity contribution in [1.82, 2.24) is 4.90 Å². The van der Waals surface area contributed by atoms with E-state index in [0.29, 0.717) is 19.6 Å². The minimum absolute atomic E-state index is 0.159. The summed E-state index contributed by atoms with van der Waals surface area (Å²) >= 11 is 0. The highest BCUT2D eigenvalue weighted by atomic mass is 16.5. The molecule has 0 aromatic carbocycles. The van der Waals surface area contributed by atoms with Crippen molar-refractivity contribution in [2.45, 2.75) is 39.5 Å². The van der Waals surface area contributed by atoms with Gasteiger partial charge in [-0.3, -0.25) is 9.69 Å². The molecule has 0 saturated heterocycles. The Labute approximate surface area is 104 Å². The van der Waals surface area contributed by atoms with Gasteiger partial charge in [0.1, 0.15) is 0 Å². The van der Waals surface area contributed by atoms with Gasteiger partial charge in [-0.25, -0.2) is 0 Å². The number of ether oxygens (including phenoxy) is 1. The number of nitriles is 1. The highest BCUT2D eigenvalue weighted by Gasteiger charge is 2.43. The molecule has 1 aliphatic rings. The predicted octanol–water partition coefficient (Wildman–Crippen LogP) is 1.96. The molecule has 0 bridgehead atoms. The zero-order chi connectivity index (χ0) is 12.7. The summed E-state index contributed by atoms with van der Waals surface area (Å²) in [6, 6.07) is 2.25. The fourth-order valence-corrected chi connectivity index (χ4v) is 2.13. The monoisotopic (exact) mass is 238 g/mol. The van der Waals surface area contributed by atoms with Crippen LogP contribution in [-0.2, 0) is 9.53 Å². The molecule has 0 aromatic rings. The first kappa shape index (κ1) is 14.0. The van der Waals surface area contributed by atoms with Gasteiger partial charge in [-0.1, -0.05) is 6.92 Å². The summed E-state index contributed by atoms with van der Waals surface area (Å²) in [7, 11) is 0. The molecule has 4 heteroatoms. The summed E-state index contributed by atoms with van der Waals surface area (Å²) < 4.78 is 4.97. The Bertz CT molecular complexity index is 292. The number of carbonyl (C=O) groups excluding carboxylic acids is 1. The molecule has 0 aliphatic heterocycles. The molecule has 1 fully saturated rings. The average molecular weight is 238 g/mol. The summed E-state index contributed by atoms with van der Waals surface area (Å²) in [5, 5.41) is 8.79. The molecule has 0 spiro atoms. The van der Waals surface area contributed by atoms with Gasteiger partial charge in [0.05, 0.1) is 19.2 Å². The van der Waals surface area contributed by atoms with Gasteiger partial charge in [0.25, 0.3) is 0 Å². The number of carbonyl (C=O) groups is 1. The van der Waals surface area contributed by atoms with Crippen LogP contribution in [0, 0.1) is 16.7 Å². The second-order valence-electron chi connectivity index (χ2n) is 4.85. The van der Waals surface area contributed by atoms with Gasteiger partial charge in [-0.05, 0) is 38.1 Å². The van der Waals surface area contributed by atoms with Crippen molar-refractivity contribution in [2.75, 3.05) is 26.2 Å². The highest BCUT2D eigenvalue weighted by molar-refractivity contribution is 5.71. The Morgan fingerprint density at radius 3 is 2.65 bits per heavy atom. The summed E-state index contributed by atoms with van der Waals surface area (Å²) in [5.74, 6) is -0.159. The van der Waals surface area contributed by atoms with Gasteiger partial charge in [-0.15, -0.1) is 0 Å². The van der Waals surface area contributed by atoms with E-state index >= 15 is 0 Å². The number of esters is 1. The Kier molecular flexibility index (Phi) is 5.43. The van der Waals surface area contributed by atoms with E-state index in [1.54, 1.807) is 0 Å². The van der Waals surface area contributed by atoms with Crippen molar-refractivity contribution in [2.24, 2.45) is 5.41 Å². The van der Waals surface area contributed by atoms with Crippen LogP contribution in [0.2, 0.25) is 0 Å². The molecule has 0 aromatic heterocycles. The lowest BCUT2D eigenvalue weighted by Crippen LogP contribution is -2.36. The van der Waals surface area contributed by atoms with Crippen LogP contribution >= 0.6 is 0 Å². The minimum Gasteiger partial charge on any atom is -0.465 e. The zero-order valence-corrected chi connectivity index (χ0v) is 10.9. The van der Waals surface area contributed by atoms with E-state index in [0.717, 1.165) is 32.4 Å². The van der Waals surface area contributed by atoms with Gasteiger partial charge in [0.15, 0.2) is 0 Å². The SMILES string of the molecule is CCCN(CC(=O)OCC)CC1(CC#N)CC1. The number of nitrogens with zero attached hydrogens (tertiary/aromatic N) is 2. The quantitative estimate of drug-likeness (QED) is 0.606. The molecule has 1 rings (SSSR count). The Balaban J connectivity index is 2.43. The van der Waals surface area contributed by atoms with Crippen LogP contribution in [0.15, 0.2) is 0 Å². The molecular formula is C13H22N2O2. The minimum atomic E-state index is -0.159. The first-order valence-electron chi connectivity index (χ1n) is 6.40. The topological polar surface area (TPSA) is 53.3 Å². The van der Waals surface area contributed by atoms with Gasteiger partial charge in [0, 0.05) is 13.0 Å². The Hall–Kier alpha value is -1.08. The first-order chi connectivity index (χ1) is 8.15. The lowest BCUT2D eigenvalue weighted by atomic mass is 10.0. The first-order valence-corrected chi connectivity index (χ1v) is 6.40. The molecule has 0 radical (unpaired) electrons. The third-order valence-corrected chi connectivity index (χ3v) is 3.17. The van der Waals surface area contributed by atoms with E-state index in [9.17, 15) is 4.79 Å². The molecule has 0 N–H and O–H groups in total. The van der Waals surface area contributed by atoms with E-state index in [4.69, 9.17) is 10.00 Å². The van der Waals surface area contributed by atoms with Crippen LogP contribution in [0.3, 0.4) is 0 Å². The summed E-state index contributed by atoms with van der Waals surface area (Å²) in [4.78, 5) is 13.6. The van der Waals surface area contributed by atoms with Crippen molar-refractivity contribution in [1.29, 1.82) is 5.26 Å². The zero-order valence-electron chi connectivity index (χ0n) is 10.9. The molecule has 0 unspecified atom stereocenters. The van der Waals surface area contributed by atoms with Gasteiger partial charge >= 0.3 is 5.97 Å². The maximum atomic E-state index is 11.5. The maximum Gasteiger partial charge on any atom is 0.320 e. The molecule has 96 valence electrons. The number of rotatable bonds is 8. The van der Waals surface area contributed by atoms with Crippen LogP contribution < -0.4 is 0 Å². The van der Waals surface area contributed by atoms with Gasteiger partial charge < -0.3 is 4.74 Å². The van der Waals surface area contributed by atoms with Gasteiger partial charge in [0.2, 0.25) is 0 Å². The molecule has 0 atom stereocenters. The van der Waals surface area contributed by atoms with Crippen LogP contribution in [0.1, 0.15) is 39.5 Å². The van der Waals surface area contributed by atoms with E-state index in [1.807, 2.05) is 6.92 Å². The van der Waals surface area contributed by atoms with Crippen LogP contribution in [0.4, 0.5) is 0 Å². The molecule has 4 nitrogen and oxygen atoms in total. The molecular weight excluding hydrogens is 216 g/mol. The average Bonchev–Trinajstić information content (AvgIpc) is 2.99. The second kappa shape index (κ2) is 6.61. The molecule has 1 aliphatic carbocycles. The highest BCUT2D eigenvalue weighted by Crippen LogP contribution is 2.49. The maximum absolute atomic E-state index is 11.5. The van der Waals surface area contributed by atoms with Crippen molar-refractivity contribution < 1.29 is 9.53 Å². The van der Waals surface area contributed by atoms with E-state index in [2.05, 4.69) is 17.9 Å². The van der Waals surface area contributed by atoms with Crippen LogP contribution in [-0.4, -0.2) is 37.1 Å². The number of hydrogen-bond acceptors (Lipinski definition) is 4. The van der Waals surface area contributed by atoms with Crippen molar-refractivity contribution in [3.63, 3.8) is 0 Å². The molecule has 0 amide bonds. The number of hydrogen-bond donors (Lipinski definition) is 0. The standard InChI is InChI=1S/C13H22N2O2/c1-3-9-15(10-12(16)17-4-2)11-13(5-6-13)7-8-14/h3-7,9-11H2,1-2H3. The Morgan fingerprint density at radius 2 is 2.18 bits per heavy atom. The largest absolute Gasteiger partial charge is 0.465 e. The molecule has 17 heavy (non-hydrogen) atoms. The normalized spacial score (nSPS) is 16.6. The molecule has 0 heterocycles. The smallest absolute Gasteiger partial charge is 0.320 e. The summed E-state index contributed by atoms with van der Waals surface area (Å²) in [6.45, 7) is 6.46. The second-order valence-corrected chi connectivity index (χ2v) is 4.85. The third kappa shape index (κ3) is 4.74. The van der Waals surface area contributed by atoms with Crippen LogP contribution in [0.5, 0.6) is 0 Å². The van der Waals surface area contributed by atoms with Crippen molar-refractivity contribution in [3.8, 4) is 6.07 Å². The lowest BCUT2D eigenvalue weighted by molar-refractivity contribution is -0.144. The van der Waals surface area contributed by atoms with E-state index in [-0.39, 0.29) is 11.4 Å².